The Bertz CT molecular complexity index is 1160. The molecule has 32 heavy (non-hydrogen) atoms. The minimum absolute atomic E-state index is 0.109. The zero-order valence-corrected chi connectivity index (χ0v) is 19.8. The first-order chi connectivity index (χ1) is 15.1. The van der Waals surface area contributed by atoms with Crippen molar-refractivity contribution in [2.45, 2.75) is 26.8 Å². The molecule has 0 radical (unpaired) electrons. The van der Waals surface area contributed by atoms with Crippen LogP contribution >= 0.6 is 34.8 Å². The number of nitrogens with one attached hydrogen (secondary N) is 2. The second kappa shape index (κ2) is 9.92. The van der Waals surface area contributed by atoms with Crippen LogP contribution in [0.3, 0.4) is 0 Å². The Balaban J connectivity index is 2.15. The third-order valence-corrected chi connectivity index (χ3v) is 5.73. The lowest BCUT2D eigenvalue weighted by Gasteiger charge is -2.19. The van der Waals surface area contributed by atoms with Gasteiger partial charge in [0.15, 0.2) is 5.69 Å². The van der Waals surface area contributed by atoms with E-state index in [1.807, 2.05) is 12.1 Å². The van der Waals surface area contributed by atoms with Crippen LogP contribution < -0.4 is 10.8 Å². The van der Waals surface area contributed by atoms with Gasteiger partial charge in [-0.2, -0.15) is 5.10 Å². The van der Waals surface area contributed by atoms with Gasteiger partial charge in [0.2, 0.25) is 0 Å². The maximum absolute atomic E-state index is 13.1. The standard InChI is InChI=1S/C22H21Cl3N4O3/c1-11(2)18(22(31)28-32)26-21(30)19-12(3)20(13-4-6-14(23)7-5-13)29(27-19)17-9-8-15(24)10-16(17)25/h4-11,18,32H,1-3H3,(H,26,30)(H,28,31)/t18-/m1/s1. The summed E-state index contributed by atoms with van der Waals surface area (Å²) in [5.74, 6) is -1.55. The van der Waals surface area contributed by atoms with Crippen molar-refractivity contribution >= 4 is 46.6 Å². The third kappa shape index (κ3) is 4.91. The van der Waals surface area contributed by atoms with Crippen molar-refractivity contribution in [3.63, 3.8) is 0 Å². The highest BCUT2D eigenvalue weighted by molar-refractivity contribution is 6.35. The molecule has 2 aromatic carbocycles. The molecule has 7 nitrogen and oxygen atoms in total. The van der Waals surface area contributed by atoms with E-state index in [1.165, 1.54) is 0 Å². The lowest BCUT2D eigenvalue weighted by atomic mass is 10.0. The minimum Gasteiger partial charge on any atom is -0.338 e. The van der Waals surface area contributed by atoms with E-state index in [1.54, 1.807) is 61.3 Å². The van der Waals surface area contributed by atoms with Gasteiger partial charge < -0.3 is 5.32 Å². The molecule has 0 saturated carbocycles. The molecule has 0 aliphatic heterocycles. The number of hydrogen-bond acceptors (Lipinski definition) is 4. The lowest BCUT2D eigenvalue weighted by Crippen LogP contribution is -2.49. The van der Waals surface area contributed by atoms with Crippen molar-refractivity contribution in [2.75, 3.05) is 0 Å². The molecule has 1 heterocycles. The maximum atomic E-state index is 13.1. The molecular formula is C22H21Cl3N4O3. The van der Waals surface area contributed by atoms with Crippen LogP contribution in [-0.2, 0) is 4.79 Å². The first kappa shape index (κ1) is 24.1. The normalized spacial score (nSPS) is 12.0. The molecule has 0 aliphatic carbocycles. The average molecular weight is 496 g/mol. The number of amides is 2. The first-order valence-corrected chi connectivity index (χ1v) is 10.8. The molecule has 3 N–H and O–H groups in total. The van der Waals surface area contributed by atoms with E-state index in [9.17, 15) is 9.59 Å². The molecular weight excluding hydrogens is 475 g/mol. The highest BCUT2D eigenvalue weighted by Gasteiger charge is 2.28. The second-order valence-electron chi connectivity index (χ2n) is 7.51. The molecule has 0 aliphatic rings. The number of hydroxylamine groups is 1. The highest BCUT2D eigenvalue weighted by Crippen LogP contribution is 2.33. The van der Waals surface area contributed by atoms with Crippen molar-refractivity contribution in [1.29, 1.82) is 0 Å². The molecule has 10 heteroatoms. The smallest absolute Gasteiger partial charge is 0.272 e. The zero-order valence-electron chi connectivity index (χ0n) is 17.5. The van der Waals surface area contributed by atoms with Gasteiger partial charge in [-0.1, -0.05) is 60.8 Å². The molecule has 168 valence electrons. The van der Waals surface area contributed by atoms with Crippen LogP contribution in [0.15, 0.2) is 42.5 Å². The molecule has 0 bridgehead atoms. The van der Waals surface area contributed by atoms with Crippen molar-refractivity contribution in [3.05, 3.63) is 68.8 Å². The van der Waals surface area contributed by atoms with E-state index in [0.717, 1.165) is 5.56 Å². The molecule has 2 amide bonds. The Labute approximate surface area is 200 Å². The SMILES string of the molecule is Cc1c(C(=O)N[C@@H](C(=O)NO)C(C)C)nn(-c2ccc(Cl)cc2Cl)c1-c1ccc(Cl)cc1. The van der Waals surface area contributed by atoms with E-state index in [4.69, 9.17) is 40.0 Å². The summed E-state index contributed by atoms with van der Waals surface area (Å²) in [7, 11) is 0. The molecule has 1 aromatic heterocycles. The van der Waals surface area contributed by atoms with Gasteiger partial charge in [0.25, 0.3) is 11.8 Å². The van der Waals surface area contributed by atoms with Crippen LogP contribution in [0.1, 0.15) is 29.9 Å². The number of carbonyl (C=O) groups excluding carboxylic acids is 2. The van der Waals surface area contributed by atoms with E-state index >= 15 is 0 Å². The van der Waals surface area contributed by atoms with E-state index in [0.29, 0.717) is 32.0 Å². The Kier molecular flexibility index (Phi) is 7.46. The number of rotatable bonds is 6. The fourth-order valence-corrected chi connectivity index (χ4v) is 3.91. The van der Waals surface area contributed by atoms with Crippen molar-refractivity contribution in [3.8, 4) is 16.9 Å². The Morgan fingerprint density at radius 1 is 1.03 bits per heavy atom. The van der Waals surface area contributed by atoms with Crippen LogP contribution in [0.25, 0.3) is 16.9 Å². The number of nitrogens with zero attached hydrogens (tertiary/aromatic N) is 2. The van der Waals surface area contributed by atoms with Crippen molar-refractivity contribution in [1.82, 2.24) is 20.6 Å². The minimum atomic E-state index is -0.949. The van der Waals surface area contributed by atoms with Gasteiger partial charge in [0, 0.05) is 21.2 Å². The van der Waals surface area contributed by atoms with E-state index in [2.05, 4.69) is 10.4 Å². The van der Waals surface area contributed by atoms with Crippen molar-refractivity contribution in [2.24, 2.45) is 5.92 Å². The topological polar surface area (TPSA) is 96.2 Å². The predicted octanol–water partition coefficient (Wildman–Crippen LogP) is 5.07. The van der Waals surface area contributed by atoms with Crippen molar-refractivity contribution < 1.29 is 14.8 Å². The van der Waals surface area contributed by atoms with Crippen LogP contribution in [0.2, 0.25) is 15.1 Å². The van der Waals surface area contributed by atoms with Gasteiger partial charge in [-0.15, -0.1) is 0 Å². The number of benzene rings is 2. The predicted molar refractivity (Wildman–Crippen MR) is 125 cm³/mol. The summed E-state index contributed by atoms with van der Waals surface area (Å²) in [6.45, 7) is 5.25. The largest absolute Gasteiger partial charge is 0.338 e. The fourth-order valence-electron chi connectivity index (χ4n) is 3.30. The van der Waals surface area contributed by atoms with Crippen LogP contribution in [0.4, 0.5) is 0 Å². The lowest BCUT2D eigenvalue weighted by molar-refractivity contribution is -0.132. The monoisotopic (exact) mass is 494 g/mol. The average Bonchev–Trinajstić information content (AvgIpc) is 3.08. The highest BCUT2D eigenvalue weighted by atomic mass is 35.5. The Morgan fingerprint density at radius 2 is 1.66 bits per heavy atom. The van der Waals surface area contributed by atoms with Gasteiger partial charge in [0.05, 0.1) is 16.4 Å². The van der Waals surface area contributed by atoms with Crippen LogP contribution in [-0.4, -0.2) is 32.8 Å². The summed E-state index contributed by atoms with van der Waals surface area (Å²) in [6, 6.07) is 11.1. The summed E-state index contributed by atoms with van der Waals surface area (Å²) in [5, 5.41) is 17.5. The summed E-state index contributed by atoms with van der Waals surface area (Å²) in [6.07, 6.45) is 0. The van der Waals surface area contributed by atoms with E-state index < -0.39 is 17.9 Å². The second-order valence-corrected chi connectivity index (χ2v) is 8.79. The number of halogens is 3. The van der Waals surface area contributed by atoms with Gasteiger partial charge in [-0.3, -0.25) is 14.8 Å². The first-order valence-electron chi connectivity index (χ1n) is 9.69. The van der Waals surface area contributed by atoms with Crippen LogP contribution in [0.5, 0.6) is 0 Å². The number of aromatic nitrogens is 2. The van der Waals surface area contributed by atoms with Gasteiger partial charge in [-0.25, -0.2) is 10.2 Å². The number of carbonyl (C=O) groups is 2. The summed E-state index contributed by atoms with van der Waals surface area (Å²) in [5.41, 5.74) is 4.18. The Morgan fingerprint density at radius 3 is 2.22 bits per heavy atom. The molecule has 0 unspecified atom stereocenters. The summed E-state index contributed by atoms with van der Waals surface area (Å²) < 4.78 is 1.56. The summed E-state index contributed by atoms with van der Waals surface area (Å²) >= 11 is 18.5. The molecule has 0 saturated heterocycles. The zero-order chi connectivity index (χ0) is 23.6. The molecule has 3 aromatic rings. The third-order valence-electron chi connectivity index (χ3n) is 4.94. The molecule has 0 spiro atoms. The number of hydrogen-bond donors (Lipinski definition) is 3. The fraction of sp³-hybridized carbons (Fsp3) is 0.227. The Hall–Kier alpha value is -2.58. The molecule has 0 fully saturated rings. The van der Waals surface area contributed by atoms with Gasteiger partial charge in [0.1, 0.15) is 6.04 Å². The van der Waals surface area contributed by atoms with Crippen LogP contribution in [0, 0.1) is 12.8 Å². The molecule has 3 rings (SSSR count). The molecule has 1 atom stereocenters. The summed E-state index contributed by atoms with van der Waals surface area (Å²) in [4.78, 5) is 25.1. The quantitative estimate of drug-likeness (QED) is 0.329. The van der Waals surface area contributed by atoms with Gasteiger partial charge >= 0.3 is 0 Å². The van der Waals surface area contributed by atoms with E-state index in [-0.39, 0.29) is 11.6 Å². The maximum Gasteiger partial charge on any atom is 0.272 e. The van der Waals surface area contributed by atoms with Gasteiger partial charge in [-0.05, 0) is 43.2 Å².